The molecule has 1 saturated heterocycles. The van der Waals surface area contributed by atoms with Crippen LogP contribution in [0.15, 0.2) is 9.52 Å². The maximum absolute atomic E-state index is 12.6. The number of hydrogen-bond acceptors (Lipinski definition) is 6. The number of sulfonamides is 1. The number of aliphatic imine (C=N–C) groups is 1. The van der Waals surface area contributed by atoms with E-state index in [1.54, 1.807) is 6.92 Å². The third-order valence-electron chi connectivity index (χ3n) is 4.05. The summed E-state index contributed by atoms with van der Waals surface area (Å²) < 4.78 is 66.1. The zero-order valence-electron chi connectivity index (χ0n) is 15.1. The van der Waals surface area contributed by atoms with E-state index in [2.05, 4.69) is 25.8 Å². The molecule has 0 atom stereocenters. The first kappa shape index (κ1) is 21.4. The molecule has 0 radical (unpaired) electrons. The van der Waals surface area contributed by atoms with Crippen molar-refractivity contribution in [2.75, 3.05) is 26.2 Å². The summed E-state index contributed by atoms with van der Waals surface area (Å²) in [5.74, 6) is 1.44. The molecule has 154 valence electrons. The number of hydrogen-bond donors (Lipinski definition) is 2. The number of alkyl halides is 3. The van der Waals surface area contributed by atoms with E-state index < -0.39 is 15.5 Å². The topological polar surface area (TPSA) is 113 Å². The Morgan fingerprint density at radius 3 is 2.52 bits per heavy atom. The maximum atomic E-state index is 12.6. The Kier molecular flexibility index (Phi) is 7.03. The molecule has 2 heterocycles. The Labute approximate surface area is 155 Å². The van der Waals surface area contributed by atoms with E-state index in [9.17, 15) is 21.6 Å². The van der Waals surface area contributed by atoms with Crippen LogP contribution >= 0.6 is 0 Å². The predicted octanol–water partition coefficient (Wildman–Crippen LogP) is 0.995. The lowest BCUT2D eigenvalue weighted by Gasteiger charge is -2.31. The number of nitrogens with zero attached hydrogens (tertiary/aromatic N) is 4. The van der Waals surface area contributed by atoms with Gasteiger partial charge < -0.3 is 15.2 Å². The number of aryl methyl sites for hydroxylation is 1. The molecule has 27 heavy (non-hydrogen) atoms. The van der Waals surface area contributed by atoms with Gasteiger partial charge in [0.05, 0.1) is 0 Å². The van der Waals surface area contributed by atoms with Gasteiger partial charge in [0, 0.05) is 26.2 Å². The summed E-state index contributed by atoms with van der Waals surface area (Å²) in [6, 6.07) is 0. The summed E-state index contributed by atoms with van der Waals surface area (Å²) >= 11 is 0. The van der Waals surface area contributed by atoms with Crippen molar-refractivity contribution in [3.63, 3.8) is 0 Å². The monoisotopic (exact) mass is 412 g/mol. The minimum absolute atomic E-state index is 0.0409. The van der Waals surface area contributed by atoms with Crippen LogP contribution in [0.3, 0.4) is 0 Å². The maximum Gasteiger partial charge on any atom is 0.511 e. The summed E-state index contributed by atoms with van der Waals surface area (Å²) in [5, 5.41) is 9.83. The second kappa shape index (κ2) is 8.87. The number of aromatic nitrogens is 2. The average molecular weight is 412 g/mol. The normalized spacial score (nSPS) is 17.9. The Morgan fingerprint density at radius 1 is 1.33 bits per heavy atom. The number of halogens is 3. The molecule has 1 aromatic heterocycles. The van der Waals surface area contributed by atoms with Gasteiger partial charge in [0.25, 0.3) is 0 Å². The summed E-state index contributed by atoms with van der Waals surface area (Å²) in [6.45, 7) is 4.58. The van der Waals surface area contributed by atoms with Gasteiger partial charge in [-0.15, -0.1) is 0 Å². The Bertz CT molecular complexity index is 742. The van der Waals surface area contributed by atoms with Crippen molar-refractivity contribution in [1.82, 2.24) is 25.1 Å². The molecule has 0 aliphatic carbocycles. The summed E-state index contributed by atoms with van der Waals surface area (Å²) in [4.78, 5) is 8.36. The average Bonchev–Trinajstić information content (AvgIpc) is 3.02. The second-order valence-corrected chi connectivity index (χ2v) is 8.03. The molecule has 0 spiro atoms. The number of guanidine groups is 1. The van der Waals surface area contributed by atoms with E-state index in [1.165, 1.54) is 0 Å². The third kappa shape index (κ3) is 5.79. The third-order valence-corrected chi connectivity index (χ3v) is 5.68. The first-order valence-corrected chi connectivity index (χ1v) is 9.95. The zero-order valence-corrected chi connectivity index (χ0v) is 15.9. The fraction of sp³-hybridized carbons (Fsp3) is 0.786. The highest BCUT2D eigenvalue weighted by Gasteiger charge is 2.50. The van der Waals surface area contributed by atoms with Gasteiger partial charge in [-0.25, -0.2) is 13.4 Å². The van der Waals surface area contributed by atoms with E-state index in [-0.39, 0.29) is 25.6 Å². The van der Waals surface area contributed by atoms with Crippen LogP contribution in [0.1, 0.15) is 31.5 Å². The van der Waals surface area contributed by atoms with Crippen molar-refractivity contribution in [3.8, 4) is 0 Å². The molecule has 1 aromatic rings. The van der Waals surface area contributed by atoms with E-state index >= 15 is 0 Å². The van der Waals surface area contributed by atoms with E-state index in [1.807, 2.05) is 6.92 Å². The molecule has 1 aliphatic heterocycles. The fourth-order valence-corrected chi connectivity index (χ4v) is 3.62. The lowest BCUT2D eigenvalue weighted by molar-refractivity contribution is -0.0496. The predicted molar refractivity (Wildman–Crippen MR) is 91.1 cm³/mol. The SMILES string of the molecule is CCNC(=NCc1nc(C)no1)NCC1CCN(S(=O)(=O)C(F)(F)F)CC1. The van der Waals surface area contributed by atoms with Gasteiger partial charge in [-0.05, 0) is 32.6 Å². The van der Waals surface area contributed by atoms with Crippen molar-refractivity contribution in [2.24, 2.45) is 10.9 Å². The Hall–Kier alpha value is -1.89. The van der Waals surface area contributed by atoms with Crippen LogP contribution in [0.25, 0.3) is 0 Å². The molecule has 0 bridgehead atoms. The van der Waals surface area contributed by atoms with Gasteiger partial charge in [-0.2, -0.15) is 22.5 Å². The number of nitrogens with one attached hydrogen (secondary N) is 2. The van der Waals surface area contributed by atoms with Crippen LogP contribution in [0.5, 0.6) is 0 Å². The Morgan fingerprint density at radius 2 is 2.00 bits per heavy atom. The largest absolute Gasteiger partial charge is 0.511 e. The van der Waals surface area contributed by atoms with Crippen molar-refractivity contribution in [1.29, 1.82) is 0 Å². The highest BCUT2D eigenvalue weighted by atomic mass is 32.2. The molecule has 0 unspecified atom stereocenters. The van der Waals surface area contributed by atoms with Gasteiger partial charge in [0.2, 0.25) is 5.89 Å². The lowest BCUT2D eigenvalue weighted by atomic mass is 9.98. The first-order chi connectivity index (χ1) is 12.6. The summed E-state index contributed by atoms with van der Waals surface area (Å²) in [5.41, 5.74) is -5.25. The second-order valence-electron chi connectivity index (χ2n) is 6.10. The molecule has 1 fully saturated rings. The minimum Gasteiger partial charge on any atom is -0.357 e. The van der Waals surface area contributed by atoms with Gasteiger partial charge in [-0.3, -0.25) is 0 Å². The molecule has 1 aliphatic rings. The van der Waals surface area contributed by atoms with Gasteiger partial charge >= 0.3 is 15.5 Å². The van der Waals surface area contributed by atoms with Gasteiger partial charge in [0.15, 0.2) is 11.8 Å². The summed E-state index contributed by atoms with van der Waals surface area (Å²) in [7, 11) is -5.25. The van der Waals surface area contributed by atoms with Crippen molar-refractivity contribution in [3.05, 3.63) is 11.7 Å². The number of piperidine rings is 1. The number of rotatable bonds is 6. The first-order valence-electron chi connectivity index (χ1n) is 8.51. The molecule has 2 N–H and O–H groups in total. The zero-order chi connectivity index (χ0) is 20.1. The molecule has 2 rings (SSSR count). The molecule has 0 amide bonds. The van der Waals surface area contributed by atoms with Crippen LogP contribution in [-0.4, -0.2) is 60.5 Å². The van der Waals surface area contributed by atoms with Crippen molar-refractivity contribution >= 4 is 16.0 Å². The van der Waals surface area contributed by atoms with E-state index in [0.29, 0.717) is 47.9 Å². The molecule has 9 nitrogen and oxygen atoms in total. The summed E-state index contributed by atoms with van der Waals surface area (Å²) in [6.07, 6.45) is 0.676. The van der Waals surface area contributed by atoms with Gasteiger partial charge in [0.1, 0.15) is 6.54 Å². The lowest BCUT2D eigenvalue weighted by Crippen LogP contribution is -2.47. The van der Waals surface area contributed by atoms with Crippen LogP contribution in [0.2, 0.25) is 0 Å². The van der Waals surface area contributed by atoms with Gasteiger partial charge in [-0.1, -0.05) is 5.16 Å². The molecule has 0 aromatic carbocycles. The highest BCUT2D eigenvalue weighted by Crippen LogP contribution is 2.30. The van der Waals surface area contributed by atoms with Crippen LogP contribution in [0.4, 0.5) is 13.2 Å². The quantitative estimate of drug-likeness (QED) is 0.529. The molecular formula is C14H23F3N6O3S. The van der Waals surface area contributed by atoms with E-state index in [0.717, 1.165) is 0 Å². The minimum atomic E-state index is -5.25. The van der Waals surface area contributed by atoms with Crippen LogP contribution in [-0.2, 0) is 16.6 Å². The van der Waals surface area contributed by atoms with E-state index in [4.69, 9.17) is 4.52 Å². The molecular weight excluding hydrogens is 389 g/mol. The molecule has 13 heteroatoms. The highest BCUT2D eigenvalue weighted by molar-refractivity contribution is 7.90. The smallest absolute Gasteiger partial charge is 0.357 e. The molecule has 0 saturated carbocycles. The standard InChI is InChI=1S/C14H23F3N6O3S/c1-3-18-13(20-9-12-21-10(2)22-26-12)19-8-11-4-6-23(7-5-11)27(24,25)14(15,16)17/h11H,3-9H2,1-2H3,(H2,18,19,20). The van der Waals surface area contributed by atoms with Crippen molar-refractivity contribution in [2.45, 2.75) is 38.7 Å². The van der Waals surface area contributed by atoms with Crippen LogP contribution in [0, 0.1) is 12.8 Å². The van der Waals surface area contributed by atoms with Crippen LogP contribution < -0.4 is 10.6 Å². The Balaban J connectivity index is 1.84. The van der Waals surface area contributed by atoms with Crippen molar-refractivity contribution < 1.29 is 26.1 Å². The fourth-order valence-electron chi connectivity index (χ4n) is 2.63.